The number of aliphatic carboxylic acids is 1. The topological polar surface area (TPSA) is 69.6 Å². The predicted molar refractivity (Wildman–Crippen MR) is 66.9 cm³/mol. The Balaban J connectivity index is 4.67. The Morgan fingerprint density at radius 3 is 2.06 bits per heavy atom. The summed E-state index contributed by atoms with van der Waals surface area (Å²) in [6.45, 7) is 10.2. The number of carbonyl (C=O) groups is 2. The van der Waals surface area contributed by atoms with Crippen molar-refractivity contribution in [3.63, 3.8) is 0 Å². The lowest BCUT2D eigenvalue weighted by molar-refractivity contribution is -0.145. The number of likely N-dealkylation sites (N-methyl/N-ethyl adjacent to an activating group) is 1. The van der Waals surface area contributed by atoms with Gasteiger partial charge in [0, 0.05) is 13.1 Å². The first kappa shape index (κ1) is 15.9. The van der Waals surface area contributed by atoms with E-state index in [9.17, 15) is 9.59 Å². The van der Waals surface area contributed by atoms with E-state index in [2.05, 4.69) is 5.32 Å². The van der Waals surface area contributed by atoms with Gasteiger partial charge in [0.25, 0.3) is 0 Å². The van der Waals surface area contributed by atoms with Gasteiger partial charge in [0.1, 0.15) is 5.54 Å². The molecule has 2 unspecified atom stereocenters. The highest BCUT2D eigenvalue weighted by Gasteiger charge is 2.34. The van der Waals surface area contributed by atoms with E-state index in [4.69, 9.17) is 5.11 Å². The van der Waals surface area contributed by atoms with Gasteiger partial charge in [0.15, 0.2) is 0 Å². The molecule has 0 heterocycles. The van der Waals surface area contributed by atoms with Crippen molar-refractivity contribution in [2.75, 3.05) is 13.1 Å². The Hall–Kier alpha value is -1.10. The molecule has 2 N–H and O–H groups in total. The molecule has 0 bridgehead atoms. The summed E-state index contributed by atoms with van der Waals surface area (Å²) in [6, 6.07) is -0.490. The first-order chi connectivity index (χ1) is 7.82. The second-order valence-electron chi connectivity index (χ2n) is 4.37. The van der Waals surface area contributed by atoms with Gasteiger partial charge in [0.05, 0.1) is 6.04 Å². The molecule has 5 nitrogen and oxygen atoms in total. The number of amides is 1. The third-order valence-electron chi connectivity index (χ3n) is 3.16. The second kappa shape index (κ2) is 6.59. The number of hydrogen-bond donors (Lipinski definition) is 2. The minimum Gasteiger partial charge on any atom is -0.480 e. The van der Waals surface area contributed by atoms with E-state index in [1.54, 1.807) is 25.7 Å². The molecule has 0 fully saturated rings. The van der Waals surface area contributed by atoms with Crippen LogP contribution in [0.25, 0.3) is 0 Å². The first-order valence-corrected chi connectivity index (χ1v) is 6.12. The van der Waals surface area contributed by atoms with Crippen LogP contribution in [0, 0.1) is 0 Å². The number of carboxylic acids is 1. The molecule has 17 heavy (non-hydrogen) atoms. The molecule has 0 aromatic rings. The highest BCUT2D eigenvalue weighted by molar-refractivity contribution is 5.84. The van der Waals surface area contributed by atoms with Crippen LogP contribution in [0.2, 0.25) is 0 Å². The van der Waals surface area contributed by atoms with Crippen LogP contribution in [0.5, 0.6) is 0 Å². The summed E-state index contributed by atoms with van der Waals surface area (Å²) < 4.78 is 0. The van der Waals surface area contributed by atoms with Crippen molar-refractivity contribution in [2.24, 2.45) is 0 Å². The minimum absolute atomic E-state index is 0.0593. The fourth-order valence-electron chi connectivity index (χ4n) is 1.66. The lowest BCUT2D eigenvalue weighted by Crippen LogP contribution is -2.57. The number of hydrogen-bond acceptors (Lipinski definition) is 3. The average Bonchev–Trinajstić information content (AvgIpc) is 2.29. The molecular formula is C12H24N2O3. The molecule has 0 aliphatic rings. The van der Waals surface area contributed by atoms with Gasteiger partial charge in [-0.1, -0.05) is 6.92 Å². The maximum Gasteiger partial charge on any atom is 0.323 e. The van der Waals surface area contributed by atoms with E-state index in [-0.39, 0.29) is 5.91 Å². The van der Waals surface area contributed by atoms with Gasteiger partial charge in [0.2, 0.25) is 5.91 Å². The van der Waals surface area contributed by atoms with E-state index in [1.807, 2.05) is 13.8 Å². The van der Waals surface area contributed by atoms with Crippen LogP contribution >= 0.6 is 0 Å². The van der Waals surface area contributed by atoms with E-state index < -0.39 is 17.6 Å². The summed E-state index contributed by atoms with van der Waals surface area (Å²) in [5.41, 5.74) is -1.05. The summed E-state index contributed by atoms with van der Waals surface area (Å²) in [7, 11) is 0. The van der Waals surface area contributed by atoms with Gasteiger partial charge < -0.3 is 10.0 Å². The summed E-state index contributed by atoms with van der Waals surface area (Å²) in [6.07, 6.45) is 0.429. The predicted octanol–water partition coefficient (Wildman–Crippen LogP) is 1.09. The monoisotopic (exact) mass is 244 g/mol. The highest BCUT2D eigenvalue weighted by Crippen LogP contribution is 2.11. The lowest BCUT2D eigenvalue weighted by Gasteiger charge is -2.31. The van der Waals surface area contributed by atoms with E-state index in [0.717, 1.165) is 0 Å². The van der Waals surface area contributed by atoms with Gasteiger partial charge in [-0.25, -0.2) is 0 Å². The van der Waals surface area contributed by atoms with Gasteiger partial charge >= 0.3 is 5.97 Å². The molecule has 1 amide bonds. The van der Waals surface area contributed by atoms with Crippen molar-refractivity contribution in [1.29, 1.82) is 0 Å². The van der Waals surface area contributed by atoms with Crippen molar-refractivity contribution in [2.45, 2.75) is 52.6 Å². The fraction of sp³-hybridized carbons (Fsp3) is 0.833. The van der Waals surface area contributed by atoms with Gasteiger partial charge in [-0.3, -0.25) is 14.9 Å². The SMILES string of the molecule is CCN(CC)C(=O)C(C)NC(C)(CC)C(=O)O. The minimum atomic E-state index is -1.05. The summed E-state index contributed by atoms with van der Waals surface area (Å²) in [5.74, 6) is -0.991. The normalized spacial score (nSPS) is 16.1. The molecule has 0 saturated carbocycles. The van der Waals surface area contributed by atoms with Gasteiger partial charge in [-0.05, 0) is 34.1 Å². The lowest BCUT2D eigenvalue weighted by atomic mass is 9.98. The molecule has 0 saturated heterocycles. The molecule has 0 aliphatic carbocycles. The Morgan fingerprint density at radius 1 is 1.29 bits per heavy atom. The molecule has 100 valence electrons. The fourth-order valence-corrected chi connectivity index (χ4v) is 1.66. The van der Waals surface area contributed by atoms with Crippen molar-refractivity contribution in [3.8, 4) is 0 Å². The Labute approximate surface area is 103 Å². The van der Waals surface area contributed by atoms with Crippen molar-refractivity contribution in [1.82, 2.24) is 10.2 Å². The van der Waals surface area contributed by atoms with Crippen LogP contribution < -0.4 is 5.32 Å². The highest BCUT2D eigenvalue weighted by atomic mass is 16.4. The van der Waals surface area contributed by atoms with Crippen LogP contribution in [-0.4, -0.2) is 46.6 Å². The smallest absolute Gasteiger partial charge is 0.323 e. The number of carboxylic acid groups (broad SMARTS) is 1. The number of nitrogens with one attached hydrogen (secondary N) is 1. The summed E-state index contributed by atoms with van der Waals surface area (Å²) in [5, 5.41) is 12.0. The van der Waals surface area contributed by atoms with E-state index in [1.165, 1.54) is 0 Å². The molecule has 0 aromatic heterocycles. The van der Waals surface area contributed by atoms with Crippen LogP contribution in [0.1, 0.15) is 41.0 Å². The quantitative estimate of drug-likeness (QED) is 0.703. The maximum absolute atomic E-state index is 12.0. The largest absolute Gasteiger partial charge is 0.480 e. The number of carbonyl (C=O) groups excluding carboxylic acids is 1. The van der Waals surface area contributed by atoms with Crippen LogP contribution in [-0.2, 0) is 9.59 Å². The molecule has 0 rings (SSSR count). The molecule has 0 radical (unpaired) electrons. The van der Waals surface area contributed by atoms with Crippen LogP contribution in [0.15, 0.2) is 0 Å². The number of rotatable bonds is 7. The Bertz CT molecular complexity index is 277. The molecule has 0 aliphatic heterocycles. The van der Waals surface area contributed by atoms with Crippen LogP contribution in [0.4, 0.5) is 0 Å². The number of nitrogens with zero attached hydrogens (tertiary/aromatic N) is 1. The molecule has 0 aromatic carbocycles. The zero-order valence-corrected chi connectivity index (χ0v) is 11.4. The zero-order chi connectivity index (χ0) is 13.6. The standard InChI is InChI=1S/C12H24N2O3/c1-6-12(5,11(16)17)13-9(4)10(15)14(7-2)8-3/h9,13H,6-8H2,1-5H3,(H,16,17). The third kappa shape index (κ3) is 4.00. The summed E-state index contributed by atoms with van der Waals surface area (Å²) >= 11 is 0. The Kier molecular flexibility index (Phi) is 6.16. The van der Waals surface area contributed by atoms with E-state index >= 15 is 0 Å². The molecule has 2 atom stereocenters. The van der Waals surface area contributed by atoms with Crippen molar-refractivity contribution < 1.29 is 14.7 Å². The van der Waals surface area contributed by atoms with Crippen molar-refractivity contribution in [3.05, 3.63) is 0 Å². The third-order valence-corrected chi connectivity index (χ3v) is 3.16. The van der Waals surface area contributed by atoms with E-state index in [0.29, 0.717) is 19.5 Å². The van der Waals surface area contributed by atoms with Gasteiger partial charge in [-0.2, -0.15) is 0 Å². The maximum atomic E-state index is 12.0. The van der Waals surface area contributed by atoms with Crippen molar-refractivity contribution >= 4 is 11.9 Å². The zero-order valence-electron chi connectivity index (χ0n) is 11.4. The molecule has 0 spiro atoms. The summed E-state index contributed by atoms with van der Waals surface area (Å²) in [4.78, 5) is 24.8. The Morgan fingerprint density at radius 2 is 1.76 bits per heavy atom. The average molecular weight is 244 g/mol. The van der Waals surface area contributed by atoms with Gasteiger partial charge in [-0.15, -0.1) is 0 Å². The molecule has 5 heteroatoms. The van der Waals surface area contributed by atoms with Crippen LogP contribution in [0.3, 0.4) is 0 Å². The molecular weight excluding hydrogens is 220 g/mol. The first-order valence-electron chi connectivity index (χ1n) is 6.12. The second-order valence-corrected chi connectivity index (χ2v) is 4.37.